The summed E-state index contributed by atoms with van der Waals surface area (Å²) >= 11 is 6.57. The van der Waals surface area contributed by atoms with Crippen LogP contribution in [0.1, 0.15) is 58.1 Å². The van der Waals surface area contributed by atoms with Gasteiger partial charge in [0, 0.05) is 61.3 Å². The molecule has 49 heavy (non-hydrogen) atoms. The lowest BCUT2D eigenvalue weighted by molar-refractivity contribution is -0.134. The molecule has 0 aliphatic carbocycles. The highest BCUT2D eigenvalue weighted by molar-refractivity contribution is 6.33. The Morgan fingerprint density at radius 3 is 2.65 bits per heavy atom. The van der Waals surface area contributed by atoms with Crippen molar-refractivity contribution in [3.05, 3.63) is 59.5 Å². The molecule has 5 aromatic rings. The van der Waals surface area contributed by atoms with Gasteiger partial charge < -0.3 is 20.6 Å². The number of anilines is 4. The fourth-order valence-corrected chi connectivity index (χ4v) is 6.92. The van der Waals surface area contributed by atoms with Crippen molar-refractivity contribution in [3.8, 4) is 0 Å². The van der Waals surface area contributed by atoms with Crippen molar-refractivity contribution in [2.45, 2.75) is 70.6 Å². The third-order valence-electron chi connectivity index (χ3n) is 9.56. The van der Waals surface area contributed by atoms with E-state index in [2.05, 4.69) is 49.0 Å². The highest BCUT2D eigenvalue weighted by Crippen LogP contribution is 2.33. The number of hydrogen-bond acceptors (Lipinski definition) is 10. The van der Waals surface area contributed by atoms with Crippen molar-refractivity contribution in [2.24, 2.45) is 13.0 Å². The van der Waals surface area contributed by atoms with Crippen LogP contribution < -0.4 is 20.9 Å². The minimum absolute atomic E-state index is 0.231. The molecule has 2 saturated heterocycles. The van der Waals surface area contributed by atoms with E-state index in [1.807, 2.05) is 48.3 Å². The number of hydrogen-bond donors (Lipinski definition) is 4. The maximum atomic E-state index is 12.5. The largest absolute Gasteiger partial charge is 0.390 e. The van der Waals surface area contributed by atoms with E-state index in [0.29, 0.717) is 48.3 Å². The summed E-state index contributed by atoms with van der Waals surface area (Å²) in [6, 6.07) is 12.4. The number of halogens is 1. The molecule has 0 radical (unpaired) electrons. The maximum Gasteiger partial charge on any atom is 0.235 e. The van der Waals surface area contributed by atoms with Gasteiger partial charge in [-0.3, -0.25) is 24.3 Å². The quantitative estimate of drug-likeness (QED) is 0.154. The summed E-state index contributed by atoms with van der Waals surface area (Å²) in [4.78, 5) is 35.8. The highest BCUT2D eigenvalue weighted by atomic mass is 35.5. The molecule has 13 nitrogen and oxygen atoms in total. The normalized spacial score (nSPS) is 20.2. The number of fused-ring (bicyclic) bond motifs is 2. The summed E-state index contributed by atoms with van der Waals surface area (Å²) in [5.74, 6) is 0.492. The fraction of sp³-hybridized carbons (Fsp3) is 0.429. The van der Waals surface area contributed by atoms with Crippen molar-refractivity contribution in [2.75, 3.05) is 28.6 Å². The topological polar surface area (TPSA) is 155 Å². The van der Waals surface area contributed by atoms with Gasteiger partial charge in [0.15, 0.2) is 5.82 Å². The van der Waals surface area contributed by atoms with Gasteiger partial charge in [0.1, 0.15) is 5.02 Å². The number of rotatable bonds is 9. The maximum absolute atomic E-state index is 12.5. The standard InChI is InChI=1S/C35H41ClN10O3/c1-20-19-45(13-11-27(20)39-22-7-8-24-29(16-22)44(4)43-31(24)25-9-10-30(47)41-33(25)48)34-37-18-26(36)32(42-34)40-23-6-5-21-17-38-46(28(21)15-23)14-12-35(2,3)49/h5-8,15-18,20,25,27,39,49H,9-14,19H2,1-4H3,(H,37,40,42)(H,41,47,48)/t20-,25?,27-/m1/s1. The number of amides is 2. The van der Waals surface area contributed by atoms with Crippen LogP contribution in [-0.4, -0.2) is 71.2 Å². The molecule has 0 saturated carbocycles. The smallest absolute Gasteiger partial charge is 0.235 e. The zero-order chi connectivity index (χ0) is 34.4. The molecular formula is C35H41ClN10O3. The molecule has 5 heterocycles. The van der Waals surface area contributed by atoms with E-state index in [1.54, 1.807) is 24.7 Å². The van der Waals surface area contributed by atoms with Crippen molar-refractivity contribution in [1.82, 2.24) is 34.8 Å². The van der Waals surface area contributed by atoms with Gasteiger partial charge in [0.25, 0.3) is 0 Å². The summed E-state index contributed by atoms with van der Waals surface area (Å²) < 4.78 is 3.71. The third-order valence-corrected chi connectivity index (χ3v) is 9.84. The van der Waals surface area contributed by atoms with Gasteiger partial charge >= 0.3 is 0 Å². The molecule has 2 aliphatic rings. The lowest BCUT2D eigenvalue weighted by Gasteiger charge is -2.37. The van der Waals surface area contributed by atoms with Crippen LogP contribution in [-0.2, 0) is 23.2 Å². The number of aryl methyl sites for hydroxylation is 2. The number of aromatic nitrogens is 6. The van der Waals surface area contributed by atoms with Gasteiger partial charge in [-0.2, -0.15) is 15.2 Å². The lowest BCUT2D eigenvalue weighted by Crippen LogP contribution is -2.46. The first-order chi connectivity index (χ1) is 23.4. The Labute approximate surface area is 289 Å². The summed E-state index contributed by atoms with van der Waals surface area (Å²) in [7, 11) is 1.88. The molecular weight excluding hydrogens is 644 g/mol. The van der Waals surface area contributed by atoms with Crippen LogP contribution >= 0.6 is 11.6 Å². The molecule has 7 rings (SSSR count). The highest BCUT2D eigenvalue weighted by Gasteiger charge is 2.32. The van der Waals surface area contributed by atoms with Crippen molar-refractivity contribution >= 4 is 68.4 Å². The van der Waals surface area contributed by atoms with Crippen LogP contribution in [0.3, 0.4) is 0 Å². The molecule has 0 bridgehead atoms. The summed E-state index contributed by atoms with van der Waals surface area (Å²) in [6.45, 7) is 7.94. The number of piperidine rings is 2. The second kappa shape index (κ2) is 12.9. The van der Waals surface area contributed by atoms with Gasteiger partial charge in [-0.15, -0.1) is 0 Å². The molecule has 2 aliphatic heterocycles. The van der Waals surface area contributed by atoms with Crippen molar-refractivity contribution in [3.63, 3.8) is 0 Å². The van der Waals surface area contributed by atoms with Gasteiger partial charge in [-0.05, 0) is 75.4 Å². The third kappa shape index (κ3) is 6.90. The first-order valence-electron chi connectivity index (χ1n) is 16.7. The van der Waals surface area contributed by atoms with Gasteiger partial charge in [-0.1, -0.05) is 18.5 Å². The molecule has 1 unspecified atom stereocenters. The van der Waals surface area contributed by atoms with E-state index in [9.17, 15) is 14.7 Å². The summed E-state index contributed by atoms with van der Waals surface area (Å²) in [5, 5.41) is 31.3. The average molecular weight is 685 g/mol. The molecule has 0 spiro atoms. The van der Waals surface area contributed by atoms with E-state index in [4.69, 9.17) is 16.6 Å². The zero-order valence-electron chi connectivity index (χ0n) is 28.1. The van der Waals surface area contributed by atoms with Crippen molar-refractivity contribution < 1.29 is 14.7 Å². The van der Waals surface area contributed by atoms with Crippen LogP contribution in [0.15, 0.2) is 48.8 Å². The van der Waals surface area contributed by atoms with E-state index in [-0.39, 0.29) is 23.8 Å². The lowest BCUT2D eigenvalue weighted by atomic mass is 9.92. The van der Waals surface area contributed by atoms with Gasteiger partial charge in [0.2, 0.25) is 17.8 Å². The molecule has 14 heteroatoms. The second-order valence-electron chi connectivity index (χ2n) is 13.9. The minimum Gasteiger partial charge on any atom is -0.390 e. The van der Waals surface area contributed by atoms with Crippen LogP contribution in [0.5, 0.6) is 0 Å². The molecule has 256 valence electrons. The number of benzene rings is 2. The predicted octanol–water partition coefficient (Wildman–Crippen LogP) is 5.12. The van der Waals surface area contributed by atoms with Crippen molar-refractivity contribution in [1.29, 1.82) is 0 Å². The second-order valence-corrected chi connectivity index (χ2v) is 14.3. The SMILES string of the molecule is C[C@@H]1CN(c2ncc(Cl)c(Nc3ccc4cnn(CCC(C)(C)O)c4c3)n2)CC[C@H]1Nc1ccc2c(C3CCC(=O)NC3=O)nn(C)c2c1. The summed E-state index contributed by atoms with van der Waals surface area (Å²) in [6.07, 6.45) is 5.72. The average Bonchev–Trinajstić information content (AvgIpc) is 3.61. The molecule has 3 atom stereocenters. The number of carbonyl (C=O) groups is 2. The molecule has 2 aromatic carbocycles. The van der Waals surface area contributed by atoms with Gasteiger partial charge in [0.05, 0.1) is 40.6 Å². The van der Waals surface area contributed by atoms with E-state index < -0.39 is 11.5 Å². The minimum atomic E-state index is -0.777. The predicted molar refractivity (Wildman–Crippen MR) is 190 cm³/mol. The monoisotopic (exact) mass is 684 g/mol. The number of carbonyl (C=O) groups excluding carboxylic acids is 2. The van der Waals surface area contributed by atoms with E-state index in [1.165, 1.54) is 0 Å². The van der Waals surface area contributed by atoms with E-state index in [0.717, 1.165) is 52.7 Å². The zero-order valence-corrected chi connectivity index (χ0v) is 28.8. The fourth-order valence-electron chi connectivity index (χ4n) is 6.78. The Morgan fingerprint density at radius 2 is 1.88 bits per heavy atom. The Balaban J connectivity index is 1.02. The van der Waals surface area contributed by atoms with Crippen LogP contribution in [0.25, 0.3) is 21.8 Å². The van der Waals surface area contributed by atoms with E-state index >= 15 is 0 Å². The molecule has 2 fully saturated rings. The number of imide groups is 1. The van der Waals surface area contributed by atoms with Crippen LogP contribution in [0.4, 0.5) is 23.1 Å². The summed E-state index contributed by atoms with van der Waals surface area (Å²) in [5.41, 5.74) is 3.64. The molecule has 4 N–H and O–H groups in total. The first-order valence-corrected chi connectivity index (χ1v) is 17.1. The number of nitrogens with zero attached hydrogens (tertiary/aromatic N) is 7. The van der Waals surface area contributed by atoms with Crippen LogP contribution in [0.2, 0.25) is 5.02 Å². The Kier molecular flexibility index (Phi) is 8.65. The number of aliphatic hydroxyl groups is 1. The Morgan fingerprint density at radius 1 is 1.08 bits per heavy atom. The first kappa shape index (κ1) is 32.8. The number of nitrogens with one attached hydrogen (secondary N) is 3. The molecule has 2 amide bonds. The van der Waals surface area contributed by atoms with Crippen LogP contribution in [0, 0.1) is 5.92 Å². The van der Waals surface area contributed by atoms with Gasteiger partial charge in [-0.25, -0.2) is 4.98 Å². The molecule has 3 aromatic heterocycles. The Hall–Kier alpha value is -4.75. The Bertz CT molecular complexity index is 2050.